The van der Waals surface area contributed by atoms with Crippen LogP contribution in [-0.4, -0.2) is 34.9 Å². The van der Waals surface area contributed by atoms with Crippen molar-refractivity contribution in [1.29, 1.82) is 0 Å². The molecule has 0 amide bonds. The Labute approximate surface area is 200 Å². The van der Waals surface area contributed by atoms with E-state index in [-0.39, 0.29) is 6.01 Å². The Hall–Kier alpha value is -4.11. The first-order chi connectivity index (χ1) is 16.4. The fraction of sp³-hybridized carbons (Fsp3) is 0.167. The molecule has 0 unspecified atom stereocenters. The third-order valence-electron chi connectivity index (χ3n) is 5.26. The predicted molar refractivity (Wildman–Crippen MR) is 129 cm³/mol. The van der Waals surface area contributed by atoms with Crippen molar-refractivity contribution in [1.82, 2.24) is 34.9 Å². The van der Waals surface area contributed by atoms with Crippen LogP contribution in [0.2, 0.25) is 5.02 Å². The highest BCUT2D eigenvalue weighted by Gasteiger charge is 2.32. The number of hydrogen-bond donors (Lipinski definition) is 1. The van der Waals surface area contributed by atoms with Gasteiger partial charge in [0.25, 0.3) is 5.89 Å². The van der Waals surface area contributed by atoms with Crippen LogP contribution in [0.25, 0.3) is 28.5 Å². The molecule has 4 heterocycles. The van der Waals surface area contributed by atoms with Crippen molar-refractivity contribution in [2.24, 2.45) is 0 Å². The summed E-state index contributed by atoms with van der Waals surface area (Å²) in [6.07, 6.45) is 5.13. The van der Waals surface area contributed by atoms with Gasteiger partial charge in [0.15, 0.2) is 11.6 Å². The molecule has 1 N–H and O–H groups in total. The van der Waals surface area contributed by atoms with Crippen molar-refractivity contribution in [2.75, 3.05) is 5.32 Å². The van der Waals surface area contributed by atoms with Gasteiger partial charge in [0.1, 0.15) is 0 Å². The lowest BCUT2D eigenvalue weighted by atomic mass is 10.0. The molecule has 1 aromatic carbocycles. The van der Waals surface area contributed by atoms with Gasteiger partial charge >= 0.3 is 6.01 Å². The molecule has 9 nitrogen and oxygen atoms in total. The summed E-state index contributed by atoms with van der Waals surface area (Å²) in [5.74, 6) is 1.62. The molecule has 10 heteroatoms. The molecule has 0 bridgehead atoms. The average Bonchev–Trinajstić information content (AvgIpc) is 3.48. The fourth-order valence-corrected chi connectivity index (χ4v) is 3.77. The van der Waals surface area contributed by atoms with Gasteiger partial charge in [-0.15, -0.1) is 15.3 Å². The lowest BCUT2D eigenvalue weighted by molar-refractivity contribution is 0.501. The fourth-order valence-electron chi connectivity index (χ4n) is 3.55. The maximum Gasteiger partial charge on any atom is 0.316 e. The van der Waals surface area contributed by atoms with Gasteiger partial charge in [-0.25, -0.2) is 0 Å². The standard InChI is InChI=1S/C24H21ClN8O/c1-15-8-9-17(14-27-15)21-30-32-23(34-21)28-24(2,3)22-31-29-20(16-10-12-26-13-11-16)33(22)19-7-5-4-6-18(19)25/h4-14H,1-3H3,(H,28,32). The first kappa shape index (κ1) is 21.7. The lowest BCUT2D eigenvalue weighted by Crippen LogP contribution is -2.32. The topological polar surface area (TPSA) is 107 Å². The number of aryl methyl sites for hydroxylation is 1. The second kappa shape index (κ2) is 8.68. The molecule has 170 valence electrons. The van der Waals surface area contributed by atoms with Crippen LogP contribution in [0.1, 0.15) is 25.4 Å². The van der Waals surface area contributed by atoms with E-state index in [1.807, 2.05) is 73.9 Å². The van der Waals surface area contributed by atoms with Crippen LogP contribution in [0, 0.1) is 6.92 Å². The molecule has 0 radical (unpaired) electrons. The minimum atomic E-state index is -0.757. The molecule has 0 saturated carbocycles. The number of benzene rings is 1. The number of aromatic nitrogens is 7. The summed E-state index contributed by atoms with van der Waals surface area (Å²) in [5, 5.41) is 21.2. The smallest absolute Gasteiger partial charge is 0.316 e. The molecule has 0 fully saturated rings. The lowest BCUT2D eigenvalue weighted by Gasteiger charge is -2.25. The number of nitrogens with one attached hydrogen (secondary N) is 1. The van der Waals surface area contributed by atoms with E-state index in [0.29, 0.717) is 22.6 Å². The molecule has 0 atom stereocenters. The molecule has 5 aromatic rings. The first-order valence-corrected chi connectivity index (χ1v) is 11.0. The summed E-state index contributed by atoms with van der Waals surface area (Å²) >= 11 is 6.58. The van der Waals surface area contributed by atoms with Crippen molar-refractivity contribution in [3.05, 3.63) is 83.7 Å². The highest BCUT2D eigenvalue weighted by Crippen LogP contribution is 2.33. The SMILES string of the molecule is Cc1ccc(-c2nnc(NC(C)(C)c3nnc(-c4ccncc4)n3-c3ccccc3Cl)o2)cn1. The quantitative estimate of drug-likeness (QED) is 0.364. The molecule has 4 aromatic heterocycles. The Morgan fingerprint density at radius 2 is 1.71 bits per heavy atom. The van der Waals surface area contributed by atoms with Crippen molar-refractivity contribution < 1.29 is 4.42 Å². The minimum absolute atomic E-state index is 0.250. The Bertz CT molecular complexity index is 1430. The Balaban J connectivity index is 1.55. The monoisotopic (exact) mass is 472 g/mol. The van der Waals surface area contributed by atoms with Crippen molar-refractivity contribution in [2.45, 2.75) is 26.3 Å². The first-order valence-electron chi connectivity index (χ1n) is 10.6. The van der Waals surface area contributed by atoms with Gasteiger partial charge in [0.2, 0.25) is 0 Å². The Kier molecular flexibility index (Phi) is 5.54. The summed E-state index contributed by atoms with van der Waals surface area (Å²) in [5.41, 5.74) is 2.50. The van der Waals surface area contributed by atoms with E-state index in [9.17, 15) is 0 Å². The van der Waals surface area contributed by atoms with Gasteiger partial charge in [-0.05, 0) is 57.2 Å². The highest BCUT2D eigenvalue weighted by atomic mass is 35.5. The normalized spacial score (nSPS) is 11.5. The van der Waals surface area contributed by atoms with Gasteiger partial charge < -0.3 is 9.73 Å². The number of anilines is 1. The van der Waals surface area contributed by atoms with Crippen LogP contribution < -0.4 is 5.32 Å². The number of hydrogen-bond acceptors (Lipinski definition) is 8. The van der Waals surface area contributed by atoms with Crippen LogP contribution in [0.4, 0.5) is 6.01 Å². The van der Waals surface area contributed by atoms with E-state index in [4.69, 9.17) is 16.0 Å². The largest absolute Gasteiger partial charge is 0.403 e. The number of para-hydroxylation sites is 1. The molecular weight excluding hydrogens is 452 g/mol. The Morgan fingerprint density at radius 3 is 2.44 bits per heavy atom. The molecule has 0 saturated heterocycles. The minimum Gasteiger partial charge on any atom is -0.403 e. The number of rotatable bonds is 6. The zero-order valence-corrected chi connectivity index (χ0v) is 19.5. The maximum absolute atomic E-state index is 6.58. The second-order valence-electron chi connectivity index (χ2n) is 8.22. The summed E-state index contributed by atoms with van der Waals surface area (Å²) in [7, 11) is 0. The molecule has 0 aliphatic heterocycles. The Morgan fingerprint density at radius 1 is 0.912 bits per heavy atom. The van der Waals surface area contributed by atoms with Crippen molar-refractivity contribution >= 4 is 17.6 Å². The molecule has 0 aliphatic rings. The molecule has 34 heavy (non-hydrogen) atoms. The summed E-state index contributed by atoms with van der Waals surface area (Å²) in [4.78, 5) is 8.39. The van der Waals surface area contributed by atoms with Gasteiger partial charge in [-0.1, -0.05) is 28.8 Å². The van der Waals surface area contributed by atoms with Crippen molar-refractivity contribution in [3.63, 3.8) is 0 Å². The molecule has 5 rings (SSSR count). The van der Waals surface area contributed by atoms with Crippen LogP contribution in [0.15, 0.2) is 71.5 Å². The van der Waals surface area contributed by atoms with Crippen LogP contribution in [0.3, 0.4) is 0 Å². The van der Waals surface area contributed by atoms with Crippen LogP contribution >= 0.6 is 11.6 Å². The summed E-state index contributed by atoms with van der Waals surface area (Å²) in [6, 6.07) is 15.3. The van der Waals surface area contributed by atoms with E-state index >= 15 is 0 Å². The highest BCUT2D eigenvalue weighted by molar-refractivity contribution is 6.32. The van der Waals surface area contributed by atoms with Crippen LogP contribution in [-0.2, 0) is 5.54 Å². The average molecular weight is 473 g/mol. The summed E-state index contributed by atoms with van der Waals surface area (Å²) < 4.78 is 7.79. The van der Waals surface area contributed by atoms with E-state index in [0.717, 1.165) is 22.5 Å². The molecular formula is C24H21ClN8O. The second-order valence-corrected chi connectivity index (χ2v) is 8.63. The van der Waals surface area contributed by atoms with E-state index in [1.165, 1.54) is 0 Å². The third-order valence-corrected chi connectivity index (χ3v) is 5.58. The van der Waals surface area contributed by atoms with Crippen molar-refractivity contribution in [3.8, 4) is 28.5 Å². The van der Waals surface area contributed by atoms with Gasteiger partial charge in [-0.3, -0.25) is 14.5 Å². The molecule has 0 spiro atoms. The van der Waals surface area contributed by atoms with Gasteiger partial charge in [0, 0.05) is 29.8 Å². The van der Waals surface area contributed by atoms with E-state index in [1.54, 1.807) is 18.6 Å². The number of pyridine rings is 2. The number of halogens is 1. The zero-order chi connectivity index (χ0) is 23.7. The van der Waals surface area contributed by atoms with Crippen LogP contribution in [0.5, 0.6) is 0 Å². The van der Waals surface area contributed by atoms with E-state index < -0.39 is 5.54 Å². The molecule has 0 aliphatic carbocycles. The van der Waals surface area contributed by atoms with Gasteiger partial charge in [-0.2, -0.15) is 0 Å². The predicted octanol–water partition coefficient (Wildman–Crippen LogP) is 5.08. The number of nitrogens with zero attached hydrogens (tertiary/aromatic N) is 7. The summed E-state index contributed by atoms with van der Waals surface area (Å²) in [6.45, 7) is 5.83. The zero-order valence-electron chi connectivity index (χ0n) is 18.8. The maximum atomic E-state index is 6.58. The third kappa shape index (κ3) is 4.13. The van der Waals surface area contributed by atoms with E-state index in [2.05, 4.69) is 35.7 Å². The van der Waals surface area contributed by atoms with Gasteiger partial charge in [0.05, 0.1) is 21.8 Å².